The van der Waals surface area contributed by atoms with E-state index in [-0.39, 0.29) is 11.5 Å². The van der Waals surface area contributed by atoms with Crippen LogP contribution in [-0.4, -0.2) is 24.9 Å². The number of carbonyl (C=O) groups is 2. The zero-order valence-electron chi connectivity index (χ0n) is 16.7. The van der Waals surface area contributed by atoms with E-state index in [0.717, 1.165) is 24.2 Å². The van der Waals surface area contributed by atoms with Crippen molar-refractivity contribution in [3.63, 3.8) is 0 Å². The van der Waals surface area contributed by atoms with Crippen molar-refractivity contribution in [2.24, 2.45) is 0 Å². The summed E-state index contributed by atoms with van der Waals surface area (Å²) in [4.78, 5) is 24.8. The number of hydrogen-bond donors (Lipinski definition) is 3. The highest BCUT2D eigenvalue weighted by molar-refractivity contribution is 6.05. The highest BCUT2D eigenvalue weighted by Crippen LogP contribution is 2.19. The molecular weight excluding hydrogens is 381 g/mol. The first kappa shape index (κ1) is 21.0. The van der Waals surface area contributed by atoms with E-state index in [1.807, 2.05) is 37.3 Å². The summed E-state index contributed by atoms with van der Waals surface area (Å²) in [7, 11) is 0. The molecule has 0 aliphatic rings. The Bertz CT molecular complexity index is 1020. The molecule has 0 saturated heterocycles. The second-order valence-corrected chi connectivity index (χ2v) is 6.87. The molecule has 0 aliphatic heterocycles. The maximum atomic E-state index is 13.8. The van der Waals surface area contributed by atoms with Crippen molar-refractivity contribution in [2.75, 3.05) is 23.7 Å². The topological polar surface area (TPSA) is 70.2 Å². The first-order chi connectivity index (χ1) is 14.5. The molecule has 0 atom stereocenters. The van der Waals surface area contributed by atoms with Gasteiger partial charge in [0.2, 0.25) is 0 Å². The molecule has 3 aromatic carbocycles. The van der Waals surface area contributed by atoms with Crippen molar-refractivity contribution in [1.82, 2.24) is 5.32 Å². The average Bonchev–Trinajstić information content (AvgIpc) is 2.76. The first-order valence-corrected chi connectivity index (χ1v) is 9.78. The Kier molecular flexibility index (Phi) is 7.16. The van der Waals surface area contributed by atoms with E-state index in [0.29, 0.717) is 17.8 Å². The number of carbonyl (C=O) groups excluding carboxylic acids is 2. The van der Waals surface area contributed by atoms with Crippen molar-refractivity contribution >= 4 is 23.2 Å². The highest BCUT2D eigenvalue weighted by atomic mass is 19.1. The largest absolute Gasteiger partial charge is 0.385 e. The molecule has 30 heavy (non-hydrogen) atoms. The molecule has 0 bridgehead atoms. The summed E-state index contributed by atoms with van der Waals surface area (Å²) in [5.74, 6) is -1.37. The van der Waals surface area contributed by atoms with Crippen LogP contribution in [0.2, 0.25) is 0 Å². The number of rotatable bonds is 8. The number of anilines is 2. The van der Waals surface area contributed by atoms with E-state index in [4.69, 9.17) is 0 Å². The monoisotopic (exact) mass is 405 g/mol. The van der Waals surface area contributed by atoms with Gasteiger partial charge in [0.15, 0.2) is 0 Å². The van der Waals surface area contributed by atoms with Gasteiger partial charge in [0.05, 0.1) is 5.56 Å². The SMILES string of the molecule is Cc1ccc(C(=O)NCCCNc2ccccc2)cc1NC(=O)c1ccccc1F. The normalized spacial score (nSPS) is 10.3. The maximum Gasteiger partial charge on any atom is 0.258 e. The lowest BCUT2D eigenvalue weighted by molar-refractivity contribution is 0.0952. The molecule has 2 amide bonds. The summed E-state index contributed by atoms with van der Waals surface area (Å²) in [6.45, 7) is 3.07. The summed E-state index contributed by atoms with van der Waals surface area (Å²) < 4.78 is 13.8. The molecular formula is C24H24FN3O2. The Morgan fingerprint density at radius 2 is 1.60 bits per heavy atom. The third-order valence-corrected chi connectivity index (χ3v) is 4.61. The van der Waals surface area contributed by atoms with E-state index in [9.17, 15) is 14.0 Å². The Morgan fingerprint density at radius 3 is 2.37 bits per heavy atom. The van der Waals surface area contributed by atoms with Crippen molar-refractivity contribution in [1.29, 1.82) is 0 Å². The minimum atomic E-state index is -0.592. The molecule has 0 spiro atoms. The third-order valence-electron chi connectivity index (χ3n) is 4.61. The van der Waals surface area contributed by atoms with Crippen LogP contribution in [0.3, 0.4) is 0 Å². The zero-order chi connectivity index (χ0) is 21.3. The molecule has 3 N–H and O–H groups in total. The number of benzene rings is 3. The molecule has 5 nitrogen and oxygen atoms in total. The van der Waals surface area contributed by atoms with Crippen LogP contribution in [-0.2, 0) is 0 Å². The van der Waals surface area contributed by atoms with Gasteiger partial charge < -0.3 is 16.0 Å². The molecule has 0 aromatic heterocycles. The lowest BCUT2D eigenvalue weighted by atomic mass is 10.1. The number of para-hydroxylation sites is 1. The number of nitrogens with one attached hydrogen (secondary N) is 3. The molecule has 0 radical (unpaired) electrons. The van der Waals surface area contributed by atoms with Crippen LogP contribution in [0, 0.1) is 12.7 Å². The third kappa shape index (κ3) is 5.67. The minimum Gasteiger partial charge on any atom is -0.385 e. The van der Waals surface area contributed by atoms with Crippen molar-refractivity contribution in [2.45, 2.75) is 13.3 Å². The quantitative estimate of drug-likeness (QED) is 0.479. The van der Waals surface area contributed by atoms with Crippen LogP contribution in [0.4, 0.5) is 15.8 Å². The van der Waals surface area contributed by atoms with Gasteiger partial charge in [0, 0.05) is 30.0 Å². The van der Waals surface area contributed by atoms with Crippen LogP contribution < -0.4 is 16.0 Å². The molecule has 154 valence electrons. The van der Waals surface area contributed by atoms with Gasteiger partial charge >= 0.3 is 0 Å². The van der Waals surface area contributed by atoms with Gasteiger partial charge in [-0.25, -0.2) is 4.39 Å². The van der Waals surface area contributed by atoms with E-state index in [1.54, 1.807) is 24.3 Å². The van der Waals surface area contributed by atoms with E-state index in [1.165, 1.54) is 18.2 Å². The number of halogens is 1. The fraction of sp³-hybridized carbons (Fsp3) is 0.167. The van der Waals surface area contributed by atoms with Gasteiger partial charge in [0.25, 0.3) is 11.8 Å². The number of aryl methyl sites for hydroxylation is 1. The Labute approximate surface area is 175 Å². The van der Waals surface area contributed by atoms with Crippen LogP contribution in [0.1, 0.15) is 32.7 Å². The number of amides is 2. The summed E-state index contributed by atoms with van der Waals surface area (Å²) >= 11 is 0. The summed E-state index contributed by atoms with van der Waals surface area (Å²) in [5, 5.41) is 8.85. The van der Waals surface area contributed by atoms with Crippen LogP contribution in [0.15, 0.2) is 72.8 Å². The molecule has 0 aliphatic carbocycles. The fourth-order valence-corrected chi connectivity index (χ4v) is 2.91. The highest BCUT2D eigenvalue weighted by Gasteiger charge is 2.14. The standard InChI is InChI=1S/C24H24FN3O2/c1-17-12-13-18(16-22(17)28-24(30)20-10-5-6-11-21(20)25)23(29)27-15-7-14-26-19-8-3-2-4-9-19/h2-6,8-13,16,26H,7,14-15H2,1H3,(H,27,29)(H,28,30). The smallest absolute Gasteiger partial charge is 0.258 e. The summed E-state index contributed by atoms with van der Waals surface area (Å²) in [6, 6.07) is 20.7. The van der Waals surface area contributed by atoms with Gasteiger partial charge in [-0.2, -0.15) is 0 Å². The second kappa shape index (κ2) is 10.2. The minimum absolute atomic E-state index is 0.0438. The Balaban J connectivity index is 1.54. The van der Waals surface area contributed by atoms with E-state index in [2.05, 4.69) is 16.0 Å². The molecule has 3 aromatic rings. The maximum absolute atomic E-state index is 13.8. The van der Waals surface area contributed by atoms with Gasteiger partial charge in [-0.15, -0.1) is 0 Å². The fourth-order valence-electron chi connectivity index (χ4n) is 2.91. The summed E-state index contributed by atoms with van der Waals surface area (Å²) in [6.07, 6.45) is 0.767. The van der Waals surface area contributed by atoms with Crippen molar-refractivity contribution in [3.8, 4) is 0 Å². The molecule has 0 saturated carbocycles. The average molecular weight is 405 g/mol. The second-order valence-electron chi connectivity index (χ2n) is 6.87. The molecule has 0 fully saturated rings. The lowest BCUT2D eigenvalue weighted by Crippen LogP contribution is -2.26. The predicted octanol–water partition coefficient (Wildman–Crippen LogP) is 4.62. The van der Waals surface area contributed by atoms with Crippen molar-refractivity contribution in [3.05, 3.63) is 95.3 Å². The van der Waals surface area contributed by atoms with Crippen molar-refractivity contribution < 1.29 is 14.0 Å². The Hall–Kier alpha value is -3.67. The van der Waals surface area contributed by atoms with Crippen LogP contribution >= 0.6 is 0 Å². The van der Waals surface area contributed by atoms with Gasteiger partial charge in [0.1, 0.15) is 5.82 Å². The molecule has 3 rings (SSSR count). The predicted molar refractivity (Wildman–Crippen MR) is 117 cm³/mol. The zero-order valence-corrected chi connectivity index (χ0v) is 16.7. The van der Waals surface area contributed by atoms with Gasteiger partial charge in [-0.3, -0.25) is 9.59 Å². The molecule has 6 heteroatoms. The van der Waals surface area contributed by atoms with Crippen LogP contribution in [0.25, 0.3) is 0 Å². The summed E-state index contributed by atoms with van der Waals surface area (Å²) in [5.41, 5.74) is 2.68. The first-order valence-electron chi connectivity index (χ1n) is 9.78. The Morgan fingerprint density at radius 1 is 0.867 bits per heavy atom. The molecule has 0 heterocycles. The van der Waals surface area contributed by atoms with E-state index < -0.39 is 11.7 Å². The van der Waals surface area contributed by atoms with Gasteiger partial charge in [-0.1, -0.05) is 36.4 Å². The van der Waals surface area contributed by atoms with Gasteiger partial charge in [-0.05, 0) is 55.3 Å². The van der Waals surface area contributed by atoms with Crippen LogP contribution in [0.5, 0.6) is 0 Å². The lowest BCUT2D eigenvalue weighted by Gasteiger charge is -2.12. The molecule has 0 unspecified atom stereocenters. The number of hydrogen-bond acceptors (Lipinski definition) is 3. The van der Waals surface area contributed by atoms with E-state index >= 15 is 0 Å².